The van der Waals surface area contributed by atoms with Gasteiger partial charge in [-0.1, -0.05) is 42.0 Å². The summed E-state index contributed by atoms with van der Waals surface area (Å²) in [6, 6.07) is 9.92. The molecule has 5 heteroatoms. The second-order valence-corrected chi connectivity index (χ2v) is 5.93. The van der Waals surface area contributed by atoms with Crippen LogP contribution < -0.4 is 10.6 Å². The summed E-state index contributed by atoms with van der Waals surface area (Å²) < 4.78 is 0. The van der Waals surface area contributed by atoms with Crippen LogP contribution in [-0.2, 0) is 0 Å². The Bertz CT molecular complexity index is 649. The summed E-state index contributed by atoms with van der Waals surface area (Å²) in [6.45, 7) is 2.50. The molecule has 2 heterocycles. The Morgan fingerprint density at radius 2 is 2.19 bits per heavy atom. The van der Waals surface area contributed by atoms with Crippen LogP contribution >= 0.6 is 11.3 Å². The normalized spacial score (nSPS) is 14.6. The zero-order valence-corrected chi connectivity index (χ0v) is 12.5. The van der Waals surface area contributed by atoms with Crippen molar-refractivity contribution >= 4 is 17.2 Å². The number of benzene rings is 1. The van der Waals surface area contributed by atoms with Gasteiger partial charge in [-0.15, -0.1) is 11.3 Å². The van der Waals surface area contributed by atoms with E-state index in [-0.39, 0.29) is 5.91 Å². The van der Waals surface area contributed by atoms with Gasteiger partial charge in [-0.3, -0.25) is 4.79 Å². The maximum atomic E-state index is 12.1. The molecular weight excluding hydrogens is 282 g/mol. The molecule has 1 aliphatic rings. The lowest BCUT2D eigenvalue weighted by Gasteiger charge is -2.14. The molecule has 0 radical (unpaired) electrons. The predicted molar refractivity (Wildman–Crippen MR) is 85.5 cm³/mol. The van der Waals surface area contributed by atoms with E-state index >= 15 is 0 Å². The van der Waals surface area contributed by atoms with Crippen molar-refractivity contribution < 1.29 is 4.79 Å². The number of hydrogen-bond donors (Lipinski definition) is 2. The molecule has 4 nitrogen and oxygen atoms in total. The van der Waals surface area contributed by atoms with E-state index in [4.69, 9.17) is 0 Å². The van der Waals surface area contributed by atoms with Gasteiger partial charge in [-0.2, -0.15) is 0 Å². The van der Waals surface area contributed by atoms with Crippen LogP contribution in [0.3, 0.4) is 0 Å². The van der Waals surface area contributed by atoms with Crippen molar-refractivity contribution in [3.63, 3.8) is 0 Å². The number of aromatic nitrogens is 1. The molecule has 1 aromatic carbocycles. The summed E-state index contributed by atoms with van der Waals surface area (Å²) in [6.07, 6.45) is 4.79. The highest BCUT2D eigenvalue weighted by atomic mass is 32.1. The number of carbonyl (C=O) groups excluding carboxylic acids is 1. The van der Waals surface area contributed by atoms with Crippen molar-refractivity contribution in [3.05, 3.63) is 53.1 Å². The third-order valence-corrected chi connectivity index (χ3v) is 4.43. The fraction of sp³-hybridized carbons (Fsp3) is 0.250. The number of nitrogens with zero attached hydrogens (tertiary/aromatic N) is 1. The summed E-state index contributed by atoms with van der Waals surface area (Å²) in [5.74, 6) is -0.0471. The van der Waals surface area contributed by atoms with Crippen molar-refractivity contribution in [2.45, 2.75) is 6.42 Å². The van der Waals surface area contributed by atoms with E-state index in [1.54, 1.807) is 6.20 Å². The molecule has 1 aromatic heterocycles. The highest BCUT2D eigenvalue weighted by molar-refractivity contribution is 7.16. The first kappa shape index (κ1) is 14.0. The minimum Gasteiger partial charge on any atom is -0.348 e. The predicted octanol–water partition coefficient (Wildman–Crippen LogP) is 2.46. The van der Waals surface area contributed by atoms with Crippen molar-refractivity contribution in [2.75, 3.05) is 19.6 Å². The van der Waals surface area contributed by atoms with Crippen molar-refractivity contribution in [3.8, 4) is 10.6 Å². The van der Waals surface area contributed by atoms with E-state index in [0.717, 1.165) is 30.1 Å². The molecule has 2 N–H and O–H groups in total. The van der Waals surface area contributed by atoms with E-state index in [1.165, 1.54) is 16.9 Å². The molecule has 0 saturated carbocycles. The zero-order valence-electron chi connectivity index (χ0n) is 11.6. The Hall–Kier alpha value is -1.98. The van der Waals surface area contributed by atoms with Crippen LogP contribution in [0.5, 0.6) is 0 Å². The van der Waals surface area contributed by atoms with Gasteiger partial charge in [0.15, 0.2) is 0 Å². The summed E-state index contributed by atoms with van der Waals surface area (Å²) >= 11 is 1.43. The molecule has 0 spiro atoms. The maximum absolute atomic E-state index is 12.1. The van der Waals surface area contributed by atoms with E-state index in [1.807, 2.05) is 30.3 Å². The Kier molecular flexibility index (Phi) is 4.43. The fourth-order valence-electron chi connectivity index (χ4n) is 2.20. The standard InChI is InChI=1S/C16H17N3OS/c20-15(18-10-12-6-8-17-9-7-12)14-11-19-16(21-14)13-4-2-1-3-5-13/h1-6,11,17H,7-10H2,(H,18,20). The summed E-state index contributed by atoms with van der Waals surface area (Å²) in [5, 5.41) is 7.10. The molecular formula is C16H17N3OS. The third-order valence-electron chi connectivity index (χ3n) is 3.38. The molecule has 1 aliphatic heterocycles. The van der Waals surface area contributed by atoms with Gasteiger partial charge in [0.25, 0.3) is 5.91 Å². The molecule has 0 atom stereocenters. The molecule has 0 saturated heterocycles. The lowest BCUT2D eigenvalue weighted by atomic mass is 10.1. The highest BCUT2D eigenvalue weighted by Crippen LogP contribution is 2.24. The van der Waals surface area contributed by atoms with Crippen molar-refractivity contribution in [1.29, 1.82) is 0 Å². The van der Waals surface area contributed by atoms with Gasteiger partial charge in [0.05, 0.1) is 6.20 Å². The molecule has 0 fully saturated rings. The average Bonchev–Trinajstić information content (AvgIpc) is 3.04. The number of amides is 1. The third kappa shape index (κ3) is 3.56. The first-order valence-electron chi connectivity index (χ1n) is 7.01. The summed E-state index contributed by atoms with van der Waals surface area (Å²) in [5.41, 5.74) is 2.33. The van der Waals surface area contributed by atoms with E-state index in [9.17, 15) is 4.79 Å². The number of hydrogen-bond acceptors (Lipinski definition) is 4. The molecule has 3 rings (SSSR count). The van der Waals surface area contributed by atoms with E-state index < -0.39 is 0 Å². The Morgan fingerprint density at radius 1 is 1.33 bits per heavy atom. The molecule has 0 aliphatic carbocycles. The number of thiazole rings is 1. The first-order valence-corrected chi connectivity index (χ1v) is 7.82. The van der Waals surface area contributed by atoms with E-state index in [0.29, 0.717) is 11.4 Å². The van der Waals surface area contributed by atoms with Crippen LogP contribution in [0, 0.1) is 0 Å². The molecule has 2 aromatic rings. The Morgan fingerprint density at radius 3 is 2.95 bits per heavy atom. The average molecular weight is 299 g/mol. The van der Waals surface area contributed by atoms with Crippen LogP contribution in [0.1, 0.15) is 16.1 Å². The largest absolute Gasteiger partial charge is 0.348 e. The first-order chi connectivity index (χ1) is 10.3. The highest BCUT2D eigenvalue weighted by Gasteiger charge is 2.12. The van der Waals surface area contributed by atoms with Crippen LogP contribution in [0.25, 0.3) is 10.6 Å². The van der Waals surface area contributed by atoms with Gasteiger partial charge in [0.2, 0.25) is 0 Å². The van der Waals surface area contributed by atoms with Gasteiger partial charge in [-0.25, -0.2) is 4.98 Å². The maximum Gasteiger partial charge on any atom is 0.263 e. The molecule has 0 unspecified atom stereocenters. The quantitative estimate of drug-likeness (QED) is 0.853. The van der Waals surface area contributed by atoms with Crippen LogP contribution in [0.4, 0.5) is 0 Å². The van der Waals surface area contributed by atoms with Gasteiger partial charge in [-0.05, 0) is 13.0 Å². The van der Waals surface area contributed by atoms with E-state index in [2.05, 4.69) is 21.7 Å². The van der Waals surface area contributed by atoms with Crippen molar-refractivity contribution in [2.24, 2.45) is 0 Å². The smallest absolute Gasteiger partial charge is 0.263 e. The van der Waals surface area contributed by atoms with Gasteiger partial charge < -0.3 is 10.6 Å². The van der Waals surface area contributed by atoms with Gasteiger partial charge >= 0.3 is 0 Å². The molecule has 108 valence electrons. The second kappa shape index (κ2) is 6.65. The number of rotatable bonds is 4. The van der Waals surface area contributed by atoms with Gasteiger partial charge in [0, 0.05) is 18.7 Å². The number of carbonyl (C=O) groups is 1. The van der Waals surface area contributed by atoms with Crippen LogP contribution in [-0.4, -0.2) is 30.5 Å². The van der Waals surface area contributed by atoms with Crippen LogP contribution in [0.15, 0.2) is 48.2 Å². The van der Waals surface area contributed by atoms with Gasteiger partial charge in [0.1, 0.15) is 9.88 Å². The zero-order chi connectivity index (χ0) is 14.5. The van der Waals surface area contributed by atoms with Crippen LogP contribution in [0.2, 0.25) is 0 Å². The number of nitrogens with one attached hydrogen (secondary N) is 2. The monoisotopic (exact) mass is 299 g/mol. The molecule has 21 heavy (non-hydrogen) atoms. The summed E-state index contributed by atoms with van der Waals surface area (Å²) in [7, 11) is 0. The van der Waals surface area contributed by atoms with Crippen molar-refractivity contribution in [1.82, 2.24) is 15.6 Å². The minimum absolute atomic E-state index is 0.0471. The summed E-state index contributed by atoms with van der Waals surface area (Å²) in [4.78, 5) is 17.1. The minimum atomic E-state index is -0.0471. The Balaban J connectivity index is 1.63. The Labute approximate surface area is 127 Å². The molecule has 0 bridgehead atoms. The topological polar surface area (TPSA) is 54.0 Å². The SMILES string of the molecule is O=C(NCC1=CCNCC1)c1cnc(-c2ccccc2)s1. The fourth-order valence-corrected chi connectivity index (χ4v) is 3.04. The lowest BCUT2D eigenvalue weighted by Crippen LogP contribution is -2.29. The molecule has 1 amide bonds. The second-order valence-electron chi connectivity index (χ2n) is 4.89. The lowest BCUT2D eigenvalue weighted by molar-refractivity contribution is 0.0960.